The van der Waals surface area contributed by atoms with Crippen LogP contribution in [0, 0.1) is 0 Å². The second kappa shape index (κ2) is 3.84. The van der Waals surface area contributed by atoms with Gasteiger partial charge in [0.1, 0.15) is 12.2 Å². The molecule has 5 nitrogen and oxygen atoms in total. The Balaban J connectivity index is 2.53. The summed E-state index contributed by atoms with van der Waals surface area (Å²) in [5, 5.41) is 27.5. The van der Waals surface area contributed by atoms with Crippen molar-refractivity contribution < 1.29 is 24.9 Å². The van der Waals surface area contributed by atoms with Gasteiger partial charge in [0.2, 0.25) is 0 Å². The van der Waals surface area contributed by atoms with E-state index in [-0.39, 0.29) is 19.3 Å². The molecule has 1 aliphatic carbocycles. The highest BCUT2D eigenvalue weighted by Gasteiger charge is 2.36. The Labute approximate surface area is 69.6 Å². The van der Waals surface area contributed by atoms with Crippen molar-refractivity contribution in [1.82, 2.24) is 0 Å². The SMILES string of the molecule is O=CO[C@@H]1C[C@@H](O)C[C@@H](O)[C@H]1O. The maximum Gasteiger partial charge on any atom is 0.293 e. The molecular formula is C7H12O5. The second-order valence-electron chi connectivity index (χ2n) is 2.95. The lowest BCUT2D eigenvalue weighted by atomic mass is 9.90. The lowest BCUT2D eigenvalue weighted by Crippen LogP contribution is -2.47. The molecule has 0 aromatic carbocycles. The number of aliphatic hydroxyl groups is 3. The molecule has 3 N–H and O–H groups in total. The average molecular weight is 176 g/mol. The number of aliphatic hydroxyl groups excluding tert-OH is 3. The molecule has 1 aliphatic rings. The third kappa shape index (κ3) is 1.94. The number of carbonyl (C=O) groups excluding carboxylic acids is 1. The number of rotatable bonds is 2. The number of hydrogen-bond donors (Lipinski definition) is 3. The zero-order valence-corrected chi connectivity index (χ0v) is 6.46. The molecule has 0 aliphatic heterocycles. The van der Waals surface area contributed by atoms with Crippen LogP contribution in [0.1, 0.15) is 12.8 Å². The zero-order chi connectivity index (χ0) is 9.14. The van der Waals surface area contributed by atoms with Gasteiger partial charge >= 0.3 is 0 Å². The smallest absolute Gasteiger partial charge is 0.293 e. The fourth-order valence-corrected chi connectivity index (χ4v) is 1.38. The third-order valence-electron chi connectivity index (χ3n) is 2.02. The molecule has 0 heterocycles. The molecule has 0 spiro atoms. The molecule has 4 atom stereocenters. The summed E-state index contributed by atoms with van der Waals surface area (Å²) in [6.07, 6.45) is -3.30. The lowest BCUT2D eigenvalue weighted by molar-refractivity contribution is -0.158. The standard InChI is InChI=1S/C7H12O5/c8-3-12-6-2-4(9)1-5(10)7(6)11/h3-7,9-11H,1-2H2/t4-,5+,6+,7+/m0/s1. The topological polar surface area (TPSA) is 87.0 Å². The molecular weight excluding hydrogens is 164 g/mol. The minimum Gasteiger partial charge on any atom is -0.462 e. The molecule has 12 heavy (non-hydrogen) atoms. The van der Waals surface area contributed by atoms with Gasteiger partial charge < -0.3 is 20.1 Å². The van der Waals surface area contributed by atoms with E-state index in [9.17, 15) is 9.90 Å². The number of hydrogen-bond acceptors (Lipinski definition) is 5. The Bertz CT molecular complexity index is 160. The molecule has 1 fully saturated rings. The second-order valence-corrected chi connectivity index (χ2v) is 2.95. The van der Waals surface area contributed by atoms with Crippen molar-refractivity contribution in [2.24, 2.45) is 0 Å². The van der Waals surface area contributed by atoms with E-state index >= 15 is 0 Å². The quantitative estimate of drug-likeness (QED) is 0.441. The van der Waals surface area contributed by atoms with E-state index in [2.05, 4.69) is 4.74 Å². The highest BCUT2D eigenvalue weighted by atomic mass is 16.5. The molecule has 1 saturated carbocycles. The van der Waals surface area contributed by atoms with E-state index in [0.717, 1.165) is 0 Å². The normalized spacial score (nSPS) is 42.2. The highest BCUT2D eigenvalue weighted by Crippen LogP contribution is 2.21. The fourth-order valence-electron chi connectivity index (χ4n) is 1.38. The first kappa shape index (κ1) is 9.44. The summed E-state index contributed by atoms with van der Waals surface area (Å²) in [6.45, 7) is 0.207. The van der Waals surface area contributed by atoms with Crippen LogP contribution in [0.5, 0.6) is 0 Å². The van der Waals surface area contributed by atoms with Gasteiger partial charge in [-0.3, -0.25) is 4.79 Å². The van der Waals surface area contributed by atoms with Crippen molar-refractivity contribution in [1.29, 1.82) is 0 Å². The Kier molecular flexibility index (Phi) is 3.02. The van der Waals surface area contributed by atoms with E-state index in [1.807, 2.05) is 0 Å². The number of ether oxygens (including phenoxy) is 1. The molecule has 1 rings (SSSR count). The Morgan fingerprint density at radius 3 is 2.50 bits per heavy atom. The summed E-state index contributed by atoms with van der Waals surface area (Å²) < 4.78 is 4.49. The molecule has 0 bridgehead atoms. The Morgan fingerprint density at radius 2 is 1.92 bits per heavy atom. The van der Waals surface area contributed by atoms with Crippen molar-refractivity contribution in [2.45, 2.75) is 37.3 Å². The summed E-state index contributed by atoms with van der Waals surface area (Å²) in [5.41, 5.74) is 0. The average Bonchev–Trinajstić information content (AvgIpc) is 2.00. The van der Waals surface area contributed by atoms with Crippen molar-refractivity contribution >= 4 is 6.47 Å². The molecule has 0 amide bonds. The zero-order valence-electron chi connectivity index (χ0n) is 6.46. The van der Waals surface area contributed by atoms with E-state index in [4.69, 9.17) is 10.2 Å². The van der Waals surface area contributed by atoms with Crippen LogP contribution in [0.3, 0.4) is 0 Å². The molecule has 5 heteroatoms. The van der Waals surface area contributed by atoms with Crippen LogP contribution in [-0.4, -0.2) is 46.2 Å². The summed E-state index contributed by atoms with van der Waals surface area (Å²) >= 11 is 0. The highest BCUT2D eigenvalue weighted by molar-refractivity contribution is 5.37. The van der Waals surface area contributed by atoms with Gasteiger partial charge in [0.15, 0.2) is 0 Å². The molecule has 0 aromatic heterocycles. The predicted molar refractivity (Wildman–Crippen MR) is 38.2 cm³/mol. The molecule has 70 valence electrons. The fraction of sp³-hybridized carbons (Fsp3) is 0.857. The summed E-state index contributed by atoms with van der Waals surface area (Å²) in [5.74, 6) is 0. The van der Waals surface area contributed by atoms with E-state index in [1.165, 1.54) is 0 Å². The van der Waals surface area contributed by atoms with Gasteiger partial charge in [-0.05, 0) is 0 Å². The molecule has 0 unspecified atom stereocenters. The van der Waals surface area contributed by atoms with Crippen molar-refractivity contribution in [3.63, 3.8) is 0 Å². The third-order valence-corrected chi connectivity index (χ3v) is 2.02. The van der Waals surface area contributed by atoms with Crippen LogP contribution < -0.4 is 0 Å². The number of carbonyl (C=O) groups is 1. The monoisotopic (exact) mass is 176 g/mol. The Morgan fingerprint density at radius 1 is 1.25 bits per heavy atom. The minimum atomic E-state index is -1.08. The van der Waals surface area contributed by atoms with E-state index < -0.39 is 24.4 Å². The van der Waals surface area contributed by atoms with Crippen LogP contribution in [0.25, 0.3) is 0 Å². The summed E-state index contributed by atoms with van der Waals surface area (Å²) in [7, 11) is 0. The summed E-state index contributed by atoms with van der Waals surface area (Å²) in [4.78, 5) is 9.94. The lowest BCUT2D eigenvalue weighted by Gasteiger charge is -2.33. The van der Waals surface area contributed by atoms with Gasteiger partial charge in [-0.15, -0.1) is 0 Å². The van der Waals surface area contributed by atoms with Gasteiger partial charge in [-0.2, -0.15) is 0 Å². The van der Waals surface area contributed by atoms with Crippen molar-refractivity contribution in [3.8, 4) is 0 Å². The maximum atomic E-state index is 9.94. The minimum absolute atomic E-state index is 0.125. The van der Waals surface area contributed by atoms with Crippen LogP contribution in [0.2, 0.25) is 0 Å². The van der Waals surface area contributed by atoms with E-state index in [0.29, 0.717) is 0 Å². The van der Waals surface area contributed by atoms with Gasteiger partial charge in [-0.25, -0.2) is 0 Å². The van der Waals surface area contributed by atoms with Crippen molar-refractivity contribution in [3.05, 3.63) is 0 Å². The maximum absolute atomic E-state index is 9.94. The van der Waals surface area contributed by atoms with Gasteiger partial charge in [-0.1, -0.05) is 0 Å². The summed E-state index contributed by atoms with van der Waals surface area (Å²) in [6, 6.07) is 0. The predicted octanol–water partition coefficient (Wildman–Crippen LogP) is -1.60. The van der Waals surface area contributed by atoms with Gasteiger partial charge in [0.05, 0.1) is 12.2 Å². The molecule has 0 saturated heterocycles. The molecule has 0 radical (unpaired) electrons. The first-order valence-corrected chi connectivity index (χ1v) is 3.78. The van der Waals surface area contributed by atoms with Crippen LogP contribution in [-0.2, 0) is 9.53 Å². The largest absolute Gasteiger partial charge is 0.462 e. The first-order valence-electron chi connectivity index (χ1n) is 3.78. The van der Waals surface area contributed by atoms with Gasteiger partial charge in [0.25, 0.3) is 6.47 Å². The Hall–Kier alpha value is -0.650. The van der Waals surface area contributed by atoms with E-state index in [1.54, 1.807) is 0 Å². The van der Waals surface area contributed by atoms with Crippen LogP contribution >= 0.6 is 0 Å². The van der Waals surface area contributed by atoms with Gasteiger partial charge in [0, 0.05) is 12.8 Å². The van der Waals surface area contributed by atoms with Crippen LogP contribution in [0.4, 0.5) is 0 Å². The first-order chi connectivity index (χ1) is 5.65. The van der Waals surface area contributed by atoms with Crippen molar-refractivity contribution in [2.75, 3.05) is 0 Å². The van der Waals surface area contributed by atoms with Crippen LogP contribution in [0.15, 0.2) is 0 Å². The molecule has 0 aromatic rings.